The van der Waals surface area contributed by atoms with Crippen LogP contribution in [0.5, 0.6) is 0 Å². The van der Waals surface area contributed by atoms with E-state index in [-0.39, 0.29) is 0 Å². The van der Waals surface area contributed by atoms with Crippen molar-refractivity contribution >= 4 is 75.1 Å². The third-order valence-electron chi connectivity index (χ3n) is 12.4. The molecule has 0 bridgehead atoms. The highest BCUT2D eigenvalue weighted by atomic mass is 32.1. The lowest BCUT2D eigenvalue weighted by Gasteiger charge is -2.13. The molecule has 13 aromatic rings. The third kappa shape index (κ3) is 5.73. The Morgan fingerprint density at radius 2 is 0.762 bits per heavy atom. The Balaban J connectivity index is 0.966. The maximum atomic E-state index is 5.38. The molecule has 0 aliphatic rings. The van der Waals surface area contributed by atoms with Crippen molar-refractivity contribution < 1.29 is 0 Å². The molecule has 0 aliphatic carbocycles. The molecule has 0 spiro atoms. The summed E-state index contributed by atoms with van der Waals surface area (Å²) < 4.78 is 7.01. The number of fused-ring (bicyclic) bond motifs is 9. The second kappa shape index (κ2) is 14.2. The van der Waals surface area contributed by atoms with Gasteiger partial charge in [0.1, 0.15) is 0 Å². The molecular weight excluding hydrogens is 787 g/mol. The van der Waals surface area contributed by atoms with Gasteiger partial charge < -0.3 is 0 Å². The fraction of sp³-hybridized carbons (Fsp3) is 0. The largest absolute Gasteiger partial charge is 0.278 e. The van der Waals surface area contributed by atoms with E-state index in [9.17, 15) is 0 Å². The second-order valence-corrected chi connectivity index (χ2v) is 17.1. The average Bonchev–Trinajstić information content (AvgIpc) is 4.02. The molecule has 4 aromatic heterocycles. The smallest absolute Gasteiger partial charge is 0.240 e. The summed E-state index contributed by atoms with van der Waals surface area (Å²) in [6.07, 6.45) is 0. The molecule has 0 aliphatic heterocycles. The van der Waals surface area contributed by atoms with Crippen LogP contribution in [-0.4, -0.2) is 24.1 Å². The van der Waals surface area contributed by atoms with Gasteiger partial charge in [-0.25, -0.2) is 0 Å². The van der Waals surface area contributed by atoms with E-state index < -0.39 is 0 Å². The Morgan fingerprint density at radius 1 is 0.302 bits per heavy atom. The molecule has 0 amide bonds. The number of rotatable bonds is 6. The molecule has 0 fully saturated rings. The molecule has 4 heterocycles. The number of aromatic nitrogens is 5. The van der Waals surface area contributed by atoms with Crippen molar-refractivity contribution in [3.63, 3.8) is 0 Å². The molecule has 0 unspecified atom stereocenters. The summed E-state index contributed by atoms with van der Waals surface area (Å²) in [7, 11) is 0. The minimum atomic E-state index is 0.557. The van der Waals surface area contributed by atoms with Crippen LogP contribution in [0.15, 0.2) is 212 Å². The van der Waals surface area contributed by atoms with E-state index in [0.29, 0.717) is 17.7 Å². The molecule has 0 N–H and O–H groups in total. The van der Waals surface area contributed by atoms with Gasteiger partial charge in [-0.2, -0.15) is 15.0 Å². The van der Waals surface area contributed by atoms with Gasteiger partial charge in [0.25, 0.3) is 0 Å². The Kier molecular flexibility index (Phi) is 8.01. The number of nitrogens with zero attached hydrogens (tertiary/aromatic N) is 5. The van der Waals surface area contributed by atoms with Crippen molar-refractivity contribution in [3.05, 3.63) is 212 Å². The van der Waals surface area contributed by atoms with Crippen LogP contribution in [-0.2, 0) is 0 Å². The van der Waals surface area contributed by atoms with E-state index in [0.717, 1.165) is 71.4 Å². The first-order chi connectivity index (χ1) is 31.2. The summed E-state index contributed by atoms with van der Waals surface area (Å²) in [6.45, 7) is 0. The fourth-order valence-corrected chi connectivity index (χ4v) is 10.6. The zero-order valence-corrected chi connectivity index (χ0v) is 34.7. The summed E-state index contributed by atoms with van der Waals surface area (Å²) in [4.78, 5) is 16.0. The van der Waals surface area contributed by atoms with Gasteiger partial charge in [-0.15, -0.1) is 11.3 Å². The molecule has 0 saturated carbocycles. The van der Waals surface area contributed by atoms with E-state index in [1.54, 1.807) is 0 Å². The Morgan fingerprint density at radius 3 is 1.40 bits per heavy atom. The predicted molar refractivity (Wildman–Crippen MR) is 263 cm³/mol. The molecule has 63 heavy (non-hydrogen) atoms. The number of hydrogen-bond donors (Lipinski definition) is 0. The fourth-order valence-electron chi connectivity index (χ4n) is 9.49. The Bertz CT molecular complexity index is 3840. The number of hydrogen-bond acceptors (Lipinski definition) is 4. The minimum absolute atomic E-state index is 0.557. The van der Waals surface area contributed by atoms with Crippen molar-refractivity contribution in [1.82, 2.24) is 24.1 Å². The van der Waals surface area contributed by atoms with Crippen LogP contribution >= 0.6 is 11.3 Å². The lowest BCUT2D eigenvalue weighted by atomic mass is 9.96. The van der Waals surface area contributed by atoms with Gasteiger partial charge in [-0.05, 0) is 69.8 Å². The van der Waals surface area contributed by atoms with Crippen molar-refractivity contribution in [2.24, 2.45) is 0 Å². The normalized spacial score (nSPS) is 11.8. The van der Waals surface area contributed by atoms with Crippen LogP contribution in [0.1, 0.15) is 0 Å². The van der Waals surface area contributed by atoms with Gasteiger partial charge in [0.05, 0.1) is 22.1 Å². The van der Waals surface area contributed by atoms with E-state index in [1.165, 1.54) is 31.3 Å². The van der Waals surface area contributed by atoms with Crippen LogP contribution in [0.3, 0.4) is 0 Å². The minimum Gasteiger partial charge on any atom is -0.278 e. The molecule has 294 valence electrons. The topological polar surface area (TPSA) is 48.5 Å². The van der Waals surface area contributed by atoms with E-state index in [2.05, 4.69) is 221 Å². The zero-order chi connectivity index (χ0) is 41.4. The standard InChI is InChI=1S/C57H35N5S/c1-2-13-36(14-3-1)41-33-34-46-45-17-6-10-22-50(45)62(51(46)35-41)57-59-55(58-56(60-57)61-48-20-8-4-15-43(48)44-16-5-9-21-49(44)61)40-31-27-38(28-32-40)37-25-29-39(30-26-37)42-19-12-24-53-54(42)47-18-7-11-23-52(47)63-53/h1-35H. The number of thiophene rings is 1. The zero-order valence-electron chi connectivity index (χ0n) is 33.9. The summed E-state index contributed by atoms with van der Waals surface area (Å²) in [5, 5.41) is 7.22. The Labute approximate surface area is 366 Å². The summed E-state index contributed by atoms with van der Waals surface area (Å²) in [5.74, 6) is 1.71. The first kappa shape index (κ1) is 35.6. The number of benzene rings is 9. The second-order valence-electron chi connectivity index (χ2n) is 16.0. The van der Waals surface area contributed by atoms with Crippen LogP contribution in [0.2, 0.25) is 0 Å². The average molecular weight is 822 g/mol. The molecule has 0 radical (unpaired) electrons. The summed E-state index contributed by atoms with van der Waals surface area (Å²) >= 11 is 1.85. The lowest BCUT2D eigenvalue weighted by molar-refractivity contribution is 0.893. The van der Waals surface area contributed by atoms with Gasteiger partial charge in [-0.1, -0.05) is 176 Å². The van der Waals surface area contributed by atoms with Crippen molar-refractivity contribution in [3.8, 4) is 56.7 Å². The SMILES string of the molecule is c1ccc(-c2ccc3c4ccccc4n(-c4nc(-c5ccc(-c6ccc(-c7cccc8sc9ccccc9c78)cc6)cc5)nc(-n5c6ccccc6c6ccccc65)n4)c3c2)cc1. The maximum absolute atomic E-state index is 5.38. The highest BCUT2D eigenvalue weighted by Crippen LogP contribution is 2.41. The van der Waals surface area contributed by atoms with E-state index in [4.69, 9.17) is 15.0 Å². The van der Waals surface area contributed by atoms with Gasteiger partial charge in [-0.3, -0.25) is 9.13 Å². The molecule has 5 nitrogen and oxygen atoms in total. The van der Waals surface area contributed by atoms with Crippen LogP contribution in [0, 0.1) is 0 Å². The van der Waals surface area contributed by atoms with Gasteiger partial charge in [0.2, 0.25) is 11.9 Å². The number of para-hydroxylation sites is 3. The maximum Gasteiger partial charge on any atom is 0.240 e. The quantitative estimate of drug-likeness (QED) is 0.168. The molecule has 13 rings (SSSR count). The molecule has 6 heteroatoms. The van der Waals surface area contributed by atoms with Gasteiger partial charge in [0, 0.05) is 47.3 Å². The van der Waals surface area contributed by atoms with E-state index in [1.807, 2.05) is 11.3 Å². The molecule has 0 saturated heterocycles. The van der Waals surface area contributed by atoms with E-state index >= 15 is 0 Å². The van der Waals surface area contributed by atoms with Crippen molar-refractivity contribution in [1.29, 1.82) is 0 Å². The Hall–Kier alpha value is -8.19. The molecular formula is C57H35N5S. The lowest BCUT2D eigenvalue weighted by Crippen LogP contribution is -2.10. The monoisotopic (exact) mass is 821 g/mol. The molecule has 0 atom stereocenters. The van der Waals surface area contributed by atoms with Crippen LogP contribution in [0.25, 0.3) is 120 Å². The highest BCUT2D eigenvalue weighted by molar-refractivity contribution is 7.25. The first-order valence-corrected chi connectivity index (χ1v) is 22.0. The summed E-state index contributed by atoms with van der Waals surface area (Å²) in [5.41, 5.74) is 12.1. The predicted octanol–water partition coefficient (Wildman–Crippen LogP) is 15.1. The molecule has 9 aromatic carbocycles. The van der Waals surface area contributed by atoms with Gasteiger partial charge in [0.15, 0.2) is 5.82 Å². The van der Waals surface area contributed by atoms with Crippen LogP contribution in [0.4, 0.5) is 0 Å². The highest BCUT2D eigenvalue weighted by Gasteiger charge is 2.21. The third-order valence-corrected chi connectivity index (χ3v) is 13.6. The van der Waals surface area contributed by atoms with Crippen molar-refractivity contribution in [2.75, 3.05) is 0 Å². The summed E-state index contributed by atoms with van der Waals surface area (Å²) in [6, 6.07) is 75.6. The van der Waals surface area contributed by atoms with Crippen LogP contribution < -0.4 is 0 Å². The first-order valence-electron chi connectivity index (χ1n) is 21.2. The van der Waals surface area contributed by atoms with Crippen molar-refractivity contribution in [2.45, 2.75) is 0 Å². The van der Waals surface area contributed by atoms with Gasteiger partial charge >= 0.3 is 0 Å².